The first-order valence-corrected chi connectivity index (χ1v) is 11.1. The molecule has 1 heterocycles. The Bertz CT molecular complexity index is 949. The number of nitrogens with zero attached hydrogens (tertiary/aromatic N) is 4. The molecule has 0 spiro atoms. The van der Waals surface area contributed by atoms with E-state index in [2.05, 4.69) is 60.4 Å². The van der Waals surface area contributed by atoms with Crippen molar-refractivity contribution in [3.63, 3.8) is 0 Å². The zero-order chi connectivity index (χ0) is 20.2. The van der Waals surface area contributed by atoms with Crippen molar-refractivity contribution in [3.05, 3.63) is 72.1 Å². The number of carbonyl (C=O) groups excluding carboxylic acids is 1. The SMILES string of the molecule is CC(C)c1ccc(-n2cnnc2SCC(=O)N(Cc2ccccc2)C2CC2)cc1. The number of aromatic nitrogens is 3. The van der Waals surface area contributed by atoms with Crippen LogP contribution >= 0.6 is 11.8 Å². The quantitative estimate of drug-likeness (QED) is 0.510. The van der Waals surface area contributed by atoms with Crippen molar-refractivity contribution in [2.45, 2.75) is 50.4 Å². The van der Waals surface area contributed by atoms with Gasteiger partial charge < -0.3 is 4.90 Å². The van der Waals surface area contributed by atoms with Gasteiger partial charge in [-0.15, -0.1) is 10.2 Å². The van der Waals surface area contributed by atoms with Crippen molar-refractivity contribution in [3.8, 4) is 5.69 Å². The van der Waals surface area contributed by atoms with E-state index < -0.39 is 0 Å². The van der Waals surface area contributed by atoms with Crippen LogP contribution in [0.5, 0.6) is 0 Å². The summed E-state index contributed by atoms with van der Waals surface area (Å²) in [6.45, 7) is 5.04. The first kappa shape index (κ1) is 19.7. The molecule has 2 aromatic carbocycles. The van der Waals surface area contributed by atoms with E-state index in [-0.39, 0.29) is 5.91 Å². The van der Waals surface area contributed by atoms with E-state index in [0.29, 0.717) is 24.3 Å². The van der Waals surface area contributed by atoms with Gasteiger partial charge in [0, 0.05) is 18.3 Å². The molecular formula is C23H26N4OS. The van der Waals surface area contributed by atoms with Gasteiger partial charge in [0.15, 0.2) is 5.16 Å². The number of rotatable bonds is 8. The largest absolute Gasteiger partial charge is 0.335 e. The number of hydrogen-bond acceptors (Lipinski definition) is 4. The number of benzene rings is 2. The second kappa shape index (κ2) is 8.82. The average molecular weight is 407 g/mol. The van der Waals surface area contributed by atoms with Gasteiger partial charge >= 0.3 is 0 Å². The van der Waals surface area contributed by atoms with Gasteiger partial charge in [0.1, 0.15) is 6.33 Å². The van der Waals surface area contributed by atoms with Crippen molar-refractivity contribution in [1.29, 1.82) is 0 Å². The maximum atomic E-state index is 12.9. The Morgan fingerprint density at radius 1 is 1.14 bits per heavy atom. The summed E-state index contributed by atoms with van der Waals surface area (Å²) in [7, 11) is 0. The standard InChI is InChI=1S/C23H26N4OS/c1-17(2)19-8-10-21(11-9-19)27-16-24-25-23(27)29-15-22(28)26(20-12-13-20)14-18-6-4-3-5-7-18/h3-11,16-17,20H,12-15H2,1-2H3. The Hall–Kier alpha value is -2.60. The van der Waals surface area contributed by atoms with Crippen molar-refractivity contribution < 1.29 is 4.79 Å². The van der Waals surface area contributed by atoms with Gasteiger partial charge in [-0.2, -0.15) is 0 Å². The van der Waals surface area contributed by atoms with E-state index in [0.717, 1.165) is 23.7 Å². The van der Waals surface area contributed by atoms with Gasteiger partial charge in [0.25, 0.3) is 0 Å². The Labute approximate surface area is 176 Å². The zero-order valence-electron chi connectivity index (χ0n) is 16.9. The fraction of sp³-hybridized carbons (Fsp3) is 0.348. The fourth-order valence-electron chi connectivity index (χ4n) is 3.32. The van der Waals surface area contributed by atoms with Crippen LogP contribution in [0.15, 0.2) is 66.1 Å². The first-order chi connectivity index (χ1) is 14.1. The summed E-state index contributed by atoms with van der Waals surface area (Å²) in [5.41, 5.74) is 3.48. The van der Waals surface area contributed by atoms with E-state index in [1.165, 1.54) is 22.9 Å². The van der Waals surface area contributed by atoms with E-state index in [4.69, 9.17) is 0 Å². The lowest BCUT2D eigenvalue weighted by Gasteiger charge is -2.22. The molecular weight excluding hydrogens is 380 g/mol. The van der Waals surface area contributed by atoms with Crippen LogP contribution in [0.1, 0.15) is 43.7 Å². The maximum Gasteiger partial charge on any atom is 0.233 e. The van der Waals surface area contributed by atoms with E-state index >= 15 is 0 Å². The summed E-state index contributed by atoms with van der Waals surface area (Å²) in [4.78, 5) is 15.0. The summed E-state index contributed by atoms with van der Waals surface area (Å²) < 4.78 is 1.95. The zero-order valence-corrected chi connectivity index (χ0v) is 17.7. The molecule has 0 bridgehead atoms. The molecule has 0 atom stereocenters. The summed E-state index contributed by atoms with van der Waals surface area (Å²) in [6, 6.07) is 19.0. The number of carbonyl (C=O) groups is 1. The molecule has 1 aliphatic rings. The normalized spacial score (nSPS) is 13.6. The highest BCUT2D eigenvalue weighted by Gasteiger charge is 2.32. The molecule has 0 radical (unpaired) electrons. The van der Waals surface area contributed by atoms with Crippen LogP contribution in [0.4, 0.5) is 0 Å². The molecule has 150 valence electrons. The van der Waals surface area contributed by atoms with Gasteiger partial charge in [0.2, 0.25) is 5.91 Å². The van der Waals surface area contributed by atoms with Gasteiger partial charge in [-0.05, 0) is 42.0 Å². The average Bonchev–Trinajstić information content (AvgIpc) is 3.48. The molecule has 3 aromatic rings. The lowest BCUT2D eigenvalue weighted by Crippen LogP contribution is -2.34. The minimum atomic E-state index is 0.158. The van der Waals surface area contributed by atoms with Gasteiger partial charge in [-0.25, -0.2) is 0 Å². The van der Waals surface area contributed by atoms with Crippen molar-refractivity contribution in [2.24, 2.45) is 0 Å². The Balaban J connectivity index is 1.42. The minimum Gasteiger partial charge on any atom is -0.335 e. The van der Waals surface area contributed by atoms with Gasteiger partial charge in [0.05, 0.1) is 5.75 Å². The smallest absolute Gasteiger partial charge is 0.233 e. The second-order valence-corrected chi connectivity index (χ2v) is 8.70. The molecule has 29 heavy (non-hydrogen) atoms. The van der Waals surface area contributed by atoms with Crippen LogP contribution in [0.2, 0.25) is 0 Å². The van der Waals surface area contributed by atoms with E-state index in [9.17, 15) is 4.79 Å². The van der Waals surface area contributed by atoms with Crippen LogP contribution < -0.4 is 0 Å². The highest BCUT2D eigenvalue weighted by atomic mass is 32.2. The molecule has 5 nitrogen and oxygen atoms in total. The maximum absolute atomic E-state index is 12.9. The second-order valence-electron chi connectivity index (χ2n) is 7.76. The van der Waals surface area contributed by atoms with Gasteiger partial charge in [-0.1, -0.05) is 68.1 Å². The molecule has 0 unspecified atom stereocenters. The lowest BCUT2D eigenvalue weighted by atomic mass is 10.0. The molecule has 0 saturated heterocycles. The molecule has 4 rings (SSSR count). The summed E-state index contributed by atoms with van der Waals surface area (Å²) >= 11 is 1.45. The van der Waals surface area contributed by atoms with Crippen molar-refractivity contribution >= 4 is 17.7 Å². The third kappa shape index (κ3) is 4.88. The molecule has 0 aliphatic heterocycles. The highest BCUT2D eigenvalue weighted by Crippen LogP contribution is 2.30. The molecule has 1 amide bonds. The molecule has 1 aromatic heterocycles. The number of thioether (sulfide) groups is 1. The van der Waals surface area contributed by atoms with E-state index in [1.807, 2.05) is 27.7 Å². The third-order valence-corrected chi connectivity index (χ3v) is 6.11. The number of amides is 1. The summed E-state index contributed by atoms with van der Waals surface area (Å²) in [5.74, 6) is 1.02. The van der Waals surface area contributed by atoms with Crippen LogP contribution in [-0.4, -0.2) is 37.4 Å². The van der Waals surface area contributed by atoms with Crippen molar-refractivity contribution in [1.82, 2.24) is 19.7 Å². The Kier molecular flexibility index (Phi) is 6.00. The molecule has 1 aliphatic carbocycles. The van der Waals surface area contributed by atoms with Crippen LogP contribution in [0.25, 0.3) is 5.69 Å². The van der Waals surface area contributed by atoms with E-state index in [1.54, 1.807) is 6.33 Å². The predicted octanol–water partition coefficient (Wildman–Crippen LogP) is 4.67. The molecule has 1 saturated carbocycles. The fourth-order valence-corrected chi connectivity index (χ4v) is 4.13. The van der Waals surface area contributed by atoms with Crippen LogP contribution in [-0.2, 0) is 11.3 Å². The Morgan fingerprint density at radius 3 is 2.52 bits per heavy atom. The van der Waals surface area contributed by atoms with Gasteiger partial charge in [-0.3, -0.25) is 9.36 Å². The lowest BCUT2D eigenvalue weighted by molar-refractivity contribution is -0.129. The topological polar surface area (TPSA) is 51.0 Å². The minimum absolute atomic E-state index is 0.158. The van der Waals surface area contributed by atoms with Crippen LogP contribution in [0.3, 0.4) is 0 Å². The molecule has 0 N–H and O–H groups in total. The van der Waals surface area contributed by atoms with Crippen LogP contribution in [0, 0.1) is 0 Å². The molecule has 6 heteroatoms. The highest BCUT2D eigenvalue weighted by molar-refractivity contribution is 7.99. The number of hydrogen-bond donors (Lipinski definition) is 0. The Morgan fingerprint density at radius 2 is 1.86 bits per heavy atom. The summed E-state index contributed by atoms with van der Waals surface area (Å²) in [6.07, 6.45) is 3.91. The monoisotopic (exact) mass is 406 g/mol. The first-order valence-electron chi connectivity index (χ1n) is 10.1. The van der Waals surface area contributed by atoms with Crippen molar-refractivity contribution in [2.75, 3.05) is 5.75 Å². The predicted molar refractivity (Wildman–Crippen MR) is 116 cm³/mol. The molecule has 1 fully saturated rings. The third-order valence-electron chi connectivity index (χ3n) is 5.18. The summed E-state index contributed by atoms with van der Waals surface area (Å²) in [5, 5.41) is 9.03.